The lowest BCUT2D eigenvalue weighted by atomic mass is 10.0. The van der Waals surface area contributed by atoms with Gasteiger partial charge < -0.3 is 9.64 Å². The van der Waals surface area contributed by atoms with Crippen LogP contribution in [-0.4, -0.2) is 30.1 Å². The number of carbonyl (C=O) groups excluding carboxylic acids is 1. The molecule has 0 aliphatic carbocycles. The minimum atomic E-state index is -0.624. The van der Waals surface area contributed by atoms with Crippen molar-refractivity contribution in [3.8, 4) is 0 Å². The second kappa shape index (κ2) is 5.41. The Hall–Kier alpha value is -0.870. The van der Waals surface area contributed by atoms with Gasteiger partial charge in [-0.25, -0.2) is 0 Å². The quantitative estimate of drug-likeness (QED) is 0.859. The molecule has 0 bridgehead atoms. The fourth-order valence-corrected chi connectivity index (χ4v) is 2.78. The summed E-state index contributed by atoms with van der Waals surface area (Å²) in [5.41, 5.74) is 0.489. The summed E-state index contributed by atoms with van der Waals surface area (Å²) in [4.78, 5) is 14.1. The van der Waals surface area contributed by atoms with Gasteiger partial charge in [-0.05, 0) is 37.5 Å². The Morgan fingerprint density at radius 1 is 1.56 bits per heavy atom. The first-order valence-corrected chi connectivity index (χ1v) is 6.94. The van der Waals surface area contributed by atoms with Gasteiger partial charge in [-0.3, -0.25) is 4.79 Å². The largest absolute Gasteiger partial charge is 0.365 e. The topological polar surface area (TPSA) is 29.5 Å². The van der Waals surface area contributed by atoms with Crippen LogP contribution in [0.4, 0.5) is 0 Å². The average Bonchev–Trinajstić information content (AvgIpc) is 2.76. The van der Waals surface area contributed by atoms with Crippen LogP contribution in [0.25, 0.3) is 0 Å². The maximum Gasteiger partial charge on any atom is 0.254 e. The molecule has 1 aliphatic heterocycles. The molecule has 1 heterocycles. The predicted molar refractivity (Wildman–Crippen MR) is 74.2 cm³/mol. The highest BCUT2D eigenvalue weighted by Gasteiger charge is 2.39. The summed E-state index contributed by atoms with van der Waals surface area (Å²) in [5.74, 6) is 0.0694. The zero-order valence-corrected chi connectivity index (χ0v) is 12.4. The minimum absolute atomic E-state index is 0.0694. The molecule has 1 unspecified atom stereocenters. The molecule has 1 aromatic rings. The van der Waals surface area contributed by atoms with E-state index in [2.05, 4.69) is 15.9 Å². The number of nitrogens with zero attached hydrogens (tertiary/aromatic N) is 1. The van der Waals surface area contributed by atoms with Crippen LogP contribution in [0.2, 0.25) is 0 Å². The normalized spacial score (nSPS) is 23.1. The van der Waals surface area contributed by atoms with Gasteiger partial charge in [-0.2, -0.15) is 0 Å². The second-order valence-corrected chi connectivity index (χ2v) is 5.89. The zero-order chi connectivity index (χ0) is 13.2. The molecule has 1 amide bonds. The molecule has 1 aromatic carbocycles. The molecule has 98 valence electrons. The van der Waals surface area contributed by atoms with Crippen molar-refractivity contribution in [3.05, 3.63) is 34.3 Å². The Balaban J connectivity index is 2.03. The van der Waals surface area contributed by atoms with Crippen molar-refractivity contribution >= 4 is 21.8 Å². The summed E-state index contributed by atoms with van der Waals surface area (Å²) >= 11 is 3.44. The zero-order valence-electron chi connectivity index (χ0n) is 10.8. The van der Waals surface area contributed by atoms with E-state index in [1.54, 1.807) is 4.90 Å². The van der Waals surface area contributed by atoms with Crippen LogP contribution in [0.3, 0.4) is 0 Å². The maximum absolute atomic E-state index is 12.3. The molecule has 1 saturated heterocycles. The number of amides is 1. The lowest BCUT2D eigenvalue weighted by Crippen LogP contribution is -2.44. The fraction of sp³-hybridized carbons (Fsp3) is 0.500. The number of hydrogen-bond donors (Lipinski definition) is 0. The third-order valence-electron chi connectivity index (χ3n) is 3.33. The third kappa shape index (κ3) is 2.93. The van der Waals surface area contributed by atoms with Crippen LogP contribution < -0.4 is 0 Å². The van der Waals surface area contributed by atoms with E-state index in [9.17, 15) is 4.79 Å². The van der Waals surface area contributed by atoms with Crippen molar-refractivity contribution in [2.24, 2.45) is 0 Å². The van der Waals surface area contributed by atoms with Gasteiger partial charge >= 0.3 is 0 Å². The van der Waals surface area contributed by atoms with Crippen LogP contribution in [0.1, 0.15) is 25.3 Å². The average molecular weight is 312 g/mol. The SMILES string of the molecule is CN(Cc1cccc(Br)c1)C(=O)C1(C)CCCO1. The number of likely N-dealkylation sites (N-methyl/N-ethyl adjacent to an activating group) is 1. The number of rotatable bonds is 3. The van der Waals surface area contributed by atoms with Gasteiger partial charge in [-0.15, -0.1) is 0 Å². The van der Waals surface area contributed by atoms with Gasteiger partial charge in [0.1, 0.15) is 5.60 Å². The number of ether oxygens (including phenoxy) is 1. The molecule has 0 aromatic heterocycles. The molecular formula is C14H18BrNO2. The van der Waals surface area contributed by atoms with Crippen LogP contribution in [0.15, 0.2) is 28.7 Å². The molecule has 2 rings (SSSR count). The van der Waals surface area contributed by atoms with E-state index in [1.165, 1.54) is 0 Å². The summed E-state index contributed by atoms with van der Waals surface area (Å²) in [5, 5.41) is 0. The maximum atomic E-state index is 12.3. The van der Waals surface area contributed by atoms with Crippen LogP contribution in [0.5, 0.6) is 0 Å². The molecular weight excluding hydrogens is 294 g/mol. The number of carbonyl (C=O) groups is 1. The Labute approximate surface area is 116 Å². The van der Waals surface area contributed by atoms with E-state index >= 15 is 0 Å². The number of hydrogen-bond acceptors (Lipinski definition) is 2. The van der Waals surface area contributed by atoms with Crippen LogP contribution >= 0.6 is 15.9 Å². The van der Waals surface area contributed by atoms with Crippen LogP contribution in [-0.2, 0) is 16.1 Å². The van der Waals surface area contributed by atoms with E-state index in [0.29, 0.717) is 13.2 Å². The first-order valence-electron chi connectivity index (χ1n) is 6.15. The Morgan fingerprint density at radius 2 is 2.33 bits per heavy atom. The van der Waals surface area contributed by atoms with Gasteiger partial charge in [0.2, 0.25) is 0 Å². The van der Waals surface area contributed by atoms with Crippen molar-refractivity contribution < 1.29 is 9.53 Å². The molecule has 0 spiro atoms. The molecule has 18 heavy (non-hydrogen) atoms. The number of halogens is 1. The molecule has 3 nitrogen and oxygen atoms in total. The first kappa shape index (κ1) is 13.6. The monoisotopic (exact) mass is 311 g/mol. The van der Waals surface area contributed by atoms with Crippen molar-refractivity contribution in [2.75, 3.05) is 13.7 Å². The summed E-state index contributed by atoms with van der Waals surface area (Å²) < 4.78 is 6.62. The third-order valence-corrected chi connectivity index (χ3v) is 3.82. The fourth-order valence-electron chi connectivity index (χ4n) is 2.33. The van der Waals surface area contributed by atoms with Crippen LogP contribution in [0, 0.1) is 0 Å². The smallest absolute Gasteiger partial charge is 0.254 e. The van der Waals surface area contributed by atoms with Gasteiger partial charge in [-0.1, -0.05) is 28.1 Å². The first-order chi connectivity index (χ1) is 8.51. The lowest BCUT2D eigenvalue weighted by molar-refractivity contribution is -0.150. The predicted octanol–water partition coefficient (Wildman–Crippen LogP) is 2.98. The van der Waals surface area contributed by atoms with E-state index in [1.807, 2.05) is 38.2 Å². The molecule has 1 fully saturated rings. The van der Waals surface area contributed by atoms with Gasteiger partial charge in [0, 0.05) is 24.7 Å². The summed E-state index contributed by atoms with van der Waals surface area (Å²) in [6.07, 6.45) is 1.78. The summed E-state index contributed by atoms with van der Waals surface area (Å²) in [6, 6.07) is 8.01. The minimum Gasteiger partial charge on any atom is -0.365 e. The van der Waals surface area contributed by atoms with Crippen molar-refractivity contribution in [1.29, 1.82) is 0 Å². The Kier molecular flexibility index (Phi) is 4.07. The van der Waals surface area contributed by atoms with E-state index < -0.39 is 5.60 Å². The highest BCUT2D eigenvalue weighted by Crippen LogP contribution is 2.27. The van der Waals surface area contributed by atoms with Crippen molar-refractivity contribution in [3.63, 3.8) is 0 Å². The van der Waals surface area contributed by atoms with Crippen molar-refractivity contribution in [2.45, 2.75) is 31.9 Å². The van der Waals surface area contributed by atoms with Gasteiger partial charge in [0.15, 0.2) is 0 Å². The summed E-state index contributed by atoms with van der Waals surface area (Å²) in [6.45, 7) is 3.18. The summed E-state index contributed by atoms with van der Waals surface area (Å²) in [7, 11) is 1.83. The second-order valence-electron chi connectivity index (χ2n) is 4.97. The molecule has 0 saturated carbocycles. The van der Waals surface area contributed by atoms with Gasteiger partial charge in [0.05, 0.1) is 0 Å². The molecule has 4 heteroatoms. The lowest BCUT2D eigenvalue weighted by Gasteiger charge is -2.28. The van der Waals surface area contributed by atoms with E-state index in [0.717, 1.165) is 22.9 Å². The standard InChI is InChI=1S/C14H18BrNO2/c1-14(7-4-8-18-14)13(17)16(2)10-11-5-3-6-12(15)9-11/h3,5-6,9H,4,7-8,10H2,1-2H3. The molecule has 0 radical (unpaired) electrons. The molecule has 0 N–H and O–H groups in total. The van der Waals surface area contributed by atoms with Crippen molar-refractivity contribution in [1.82, 2.24) is 4.90 Å². The van der Waals surface area contributed by atoms with E-state index in [-0.39, 0.29) is 5.91 Å². The highest BCUT2D eigenvalue weighted by atomic mass is 79.9. The van der Waals surface area contributed by atoms with E-state index in [4.69, 9.17) is 4.74 Å². The van der Waals surface area contributed by atoms with Gasteiger partial charge in [0.25, 0.3) is 5.91 Å². The Morgan fingerprint density at radius 3 is 2.94 bits per heavy atom. The molecule has 1 atom stereocenters. The highest BCUT2D eigenvalue weighted by molar-refractivity contribution is 9.10. The Bertz CT molecular complexity index is 441. The number of benzene rings is 1. The molecule has 1 aliphatic rings.